The lowest BCUT2D eigenvalue weighted by molar-refractivity contribution is 0.555. The Labute approximate surface area is 115 Å². The summed E-state index contributed by atoms with van der Waals surface area (Å²) >= 11 is 1.34. The lowest BCUT2D eigenvalue weighted by Gasteiger charge is -2.04. The maximum absolute atomic E-state index is 13.6. The highest BCUT2D eigenvalue weighted by atomic mass is 32.1. The summed E-state index contributed by atoms with van der Waals surface area (Å²) in [5.74, 6) is -0.566. The molecule has 19 heavy (non-hydrogen) atoms. The summed E-state index contributed by atoms with van der Waals surface area (Å²) in [6.45, 7) is 5.93. The van der Waals surface area contributed by atoms with Gasteiger partial charge in [0.2, 0.25) is 0 Å². The van der Waals surface area contributed by atoms with Gasteiger partial charge in [0.25, 0.3) is 0 Å². The van der Waals surface area contributed by atoms with Crippen molar-refractivity contribution < 1.29 is 8.78 Å². The first-order valence-corrected chi connectivity index (χ1v) is 6.95. The van der Waals surface area contributed by atoms with Gasteiger partial charge in [-0.25, -0.2) is 8.78 Å². The Kier molecular flexibility index (Phi) is 4.61. The number of nitrogens with one attached hydrogen (secondary N) is 1. The van der Waals surface area contributed by atoms with Crippen LogP contribution in [0.15, 0.2) is 24.3 Å². The predicted molar refractivity (Wildman–Crippen MR) is 74.0 cm³/mol. The Balaban J connectivity index is 2.08. The third kappa shape index (κ3) is 3.81. The summed E-state index contributed by atoms with van der Waals surface area (Å²) in [6.07, 6.45) is 0. The van der Waals surface area contributed by atoms with Gasteiger partial charge in [0.15, 0.2) is 0 Å². The quantitative estimate of drug-likeness (QED) is 0.901. The standard InChI is InChI=1S/C14H16F2N2S/c1-9(2)7-17-8-11-6-14(18-19-11)12-4-3-10(15)5-13(12)16/h3-6,9,17H,7-8H2,1-2H3. The zero-order chi connectivity index (χ0) is 13.8. The number of benzene rings is 1. The largest absolute Gasteiger partial charge is 0.312 e. The molecule has 0 bridgehead atoms. The Morgan fingerprint density at radius 3 is 2.74 bits per heavy atom. The van der Waals surface area contributed by atoms with Gasteiger partial charge < -0.3 is 5.32 Å². The molecule has 5 heteroatoms. The fourth-order valence-corrected chi connectivity index (χ4v) is 2.40. The van der Waals surface area contributed by atoms with Crippen LogP contribution in [0.1, 0.15) is 18.7 Å². The van der Waals surface area contributed by atoms with Gasteiger partial charge in [-0.05, 0) is 42.2 Å². The van der Waals surface area contributed by atoms with Crippen molar-refractivity contribution in [1.82, 2.24) is 9.69 Å². The molecule has 1 N–H and O–H groups in total. The van der Waals surface area contributed by atoms with Crippen LogP contribution in [0.25, 0.3) is 11.3 Å². The highest BCUT2D eigenvalue weighted by Crippen LogP contribution is 2.25. The van der Waals surface area contributed by atoms with E-state index in [1.54, 1.807) is 0 Å². The van der Waals surface area contributed by atoms with Crippen molar-refractivity contribution in [3.63, 3.8) is 0 Å². The minimum atomic E-state index is -0.577. The summed E-state index contributed by atoms with van der Waals surface area (Å²) < 4.78 is 30.7. The topological polar surface area (TPSA) is 24.9 Å². The first-order chi connectivity index (χ1) is 9.06. The summed E-state index contributed by atoms with van der Waals surface area (Å²) in [5.41, 5.74) is 0.900. The highest BCUT2D eigenvalue weighted by Gasteiger charge is 2.10. The van der Waals surface area contributed by atoms with Gasteiger partial charge in [-0.15, -0.1) is 0 Å². The van der Waals surface area contributed by atoms with Crippen molar-refractivity contribution in [2.45, 2.75) is 20.4 Å². The lowest BCUT2D eigenvalue weighted by atomic mass is 10.1. The third-order valence-electron chi connectivity index (χ3n) is 2.62. The fourth-order valence-electron chi connectivity index (χ4n) is 1.70. The average Bonchev–Trinajstić information content (AvgIpc) is 2.77. The molecule has 0 aliphatic carbocycles. The van der Waals surface area contributed by atoms with Gasteiger partial charge in [-0.2, -0.15) is 4.37 Å². The van der Waals surface area contributed by atoms with E-state index in [1.165, 1.54) is 23.7 Å². The van der Waals surface area contributed by atoms with Crippen LogP contribution < -0.4 is 5.32 Å². The van der Waals surface area contributed by atoms with E-state index in [0.29, 0.717) is 17.2 Å². The number of halogens is 2. The van der Waals surface area contributed by atoms with Crippen LogP contribution >= 0.6 is 11.5 Å². The monoisotopic (exact) mass is 282 g/mol. The molecule has 0 aliphatic heterocycles. The van der Waals surface area contributed by atoms with Crippen molar-refractivity contribution in [3.8, 4) is 11.3 Å². The van der Waals surface area contributed by atoms with E-state index in [9.17, 15) is 8.78 Å². The second kappa shape index (κ2) is 6.21. The molecular weight excluding hydrogens is 266 g/mol. The highest BCUT2D eigenvalue weighted by molar-refractivity contribution is 7.06. The molecule has 0 aliphatic rings. The molecule has 0 saturated carbocycles. The van der Waals surface area contributed by atoms with Crippen molar-refractivity contribution in [1.29, 1.82) is 0 Å². The maximum atomic E-state index is 13.6. The normalized spacial score (nSPS) is 11.2. The van der Waals surface area contributed by atoms with Crippen LogP contribution in [0.2, 0.25) is 0 Å². The zero-order valence-electron chi connectivity index (χ0n) is 10.9. The second-order valence-electron chi connectivity index (χ2n) is 4.83. The Hall–Kier alpha value is -1.33. The van der Waals surface area contributed by atoms with Crippen LogP contribution in [-0.4, -0.2) is 10.9 Å². The minimum absolute atomic E-state index is 0.341. The second-order valence-corrected chi connectivity index (χ2v) is 5.72. The summed E-state index contributed by atoms with van der Waals surface area (Å²) in [6, 6.07) is 5.39. The SMILES string of the molecule is CC(C)CNCc1cc(-c2ccc(F)cc2F)ns1. The van der Waals surface area contributed by atoms with Crippen LogP contribution in [0.4, 0.5) is 8.78 Å². The van der Waals surface area contributed by atoms with Gasteiger partial charge in [-0.3, -0.25) is 0 Å². The molecule has 1 aromatic heterocycles. The van der Waals surface area contributed by atoms with Gasteiger partial charge in [0.1, 0.15) is 11.6 Å². The van der Waals surface area contributed by atoms with E-state index in [-0.39, 0.29) is 0 Å². The van der Waals surface area contributed by atoms with Crippen LogP contribution in [-0.2, 0) is 6.54 Å². The minimum Gasteiger partial charge on any atom is -0.312 e. The van der Waals surface area contributed by atoms with Crippen molar-refractivity contribution in [2.24, 2.45) is 5.92 Å². The fraction of sp³-hybridized carbons (Fsp3) is 0.357. The zero-order valence-corrected chi connectivity index (χ0v) is 11.7. The van der Waals surface area contributed by atoms with E-state index >= 15 is 0 Å². The average molecular weight is 282 g/mol. The number of hydrogen-bond donors (Lipinski definition) is 1. The molecule has 0 amide bonds. The maximum Gasteiger partial charge on any atom is 0.135 e. The van der Waals surface area contributed by atoms with Gasteiger partial charge >= 0.3 is 0 Å². The lowest BCUT2D eigenvalue weighted by Crippen LogP contribution is -2.18. The molecule has 0 unspecified atom stereocenters. The number of hydrogen-bond acceptors (Lipinski definition) is 3. The molecule has 102 valence electrons. The first kappa shape index (κ1) is 14.1. The van der Waals surface area contributed by atoms with E-state index < -0.39 is 11.6 Å². The van der Waals surface area contributed by atoms with E-state index in [4.69, 9.17) is 0 Å². The third-order valence-corrected chi connectivity index (χ3v) is 3.40. The molecule has 1 aromatic carbocycles. The Bertz CT molecular complexity index is 552. The van der Waals surface area contributed by atoms with E-state index in [1.807, 2.05) is 6.07 Å². The molecule has 0 atom stereocenters. The molecule has 0 spiro atoms. The molecule has 0 radical (unpaired) electrons. The van der Waals surface area contributed by atoms with Crippen LogP contribution in [0.5, 0.6) is 0 Å². The van der Waals surface area contributed by atoms with E-state index in [0.717, 1.165) is 24.0 Å². The van der Waals surface area contributed by atoms with Crippen molar-refractivity contribution >= 4 is 11.5 Å². The van der Waals surface area contributed by atoms with Gasteiger partial charge in [0.05, 0.1) is 5.69 Å². The smallest absolute Gasteiger partial charge is 0.135 e. The molecule has 2 aromatic rings. The van der Waals surface area contributed by atoms with Crippen molar-refractivity contribution in [2.75, 3.05) is 6.54 Å². The van der Waals surface area contributed by atoms with Crippen LogP contribution in [0.3, 0.4) is 0 Å². The first-order valence-electron chi connectivity index (χ1n) is 6.18. The number of nitrogens with zero attached hydrogens (tertiary/aromatic N) is 1. The number of rotatable bonds is 5. The molecule has 2 nitrogen and oxygen atoms in total. The summed E-state index contributed by atoms with van der Waals surface area (Å²) in [7, 11) is 0. The Morgan fingerprint density at radius 2 is 2.05 bits per heavy atom. The van der Waals surface area contributed by atoms with Crippen molar-refractivity contribution in [3.05, 3.63) is 40.8 Å². The predicted octanol–water partition coefficient (Wildman–Crippen LogP) is 3.83. The van der Waals surface area contributed by atoms with E-state index in [2.05, 4.69) is 23.5 Å². The number of aromatic nitrogens is 1. The molecular formula is C14H16F2N2S. The molecule has 1 heterocycles. The van der Waals surface area contributed by atoms with Gasteiger partial charge in [-0.1, -0.05) is 13.8 Å². The summed E-state index contributed by atoms with van der Waals surface area (Å²) in [4.78, 5) is 1.04. The Morgan fingerprint density at radius 1 is 1.26 bits per heavy atom. The molecule has 0 saturated heterocycles. The molecule has 2 rings (SSSR count). The summed E-state index contributed by atoms with van der Waals surface area (Å²) in [5, 5.41) is 3.31. The molecule has 0 fully saturated rings. The van der Waals surface area contributed by atoms with Gasteiger partial charge in [0, 0.05) is 23.1 Å². The van der Waals surface area contributed by atoms with Crippen LogP contribution in [0, 0.1) is 17.6 Å².